The van der Waals surface area contributed by atoms with Crippen LogP contribution in [-0.2, 0) is 9.59 Å². The van der Waals surface area contributed by atoms with E-state index in [0.29, 0.717) is 44.2 Å². The van der Waals surface area contributed by atoms with E-state index in [2.05, 4.69) is 16.1 Å². The van der Waals surface area contributed by atoms with Crippen LogP contribution in [0.15, 0.2) is 88.8 Å². The van der Waals surface area contributed by atoms with Gasteiger partial charge in [0.15, 0.2) is 12.5 Å². The number of nitrogens with one attached hydrogen (secondary N) is 3. The molecular formula is C40H31Cl8N5O4S. The Hall–Kier alpha value is -3.42. The van der Waals surface area contributed by atoms with Gasteiger partial charge in [-0.2, -0.15) is 0 Å². The molecule has 1 fully saturated rings. The van der Waals surface area contributed by atoms with Gasteiger partial charge in [-0.1, -0.05) is 135 Å². The van der Waals surface area contributed by atoms with E-state index in [1.807, 2.05) is 39.0 Å². The first kappa shape index (κ1) is 44.1. The number of ether oxygens (including phenoxy) is 2. The minimum atomic E-state index is -1.09. The molecule has 5 aromatic rings. The molecule has 0 radical (unpaired) electrons. The third-order valence-electron chi connectivity index (χ3n) is 8.56. The van der Waals surface area contributed by atoms with Gasteiger partial charge >= 0.3 is 0 Å². The minimum Gasteiger partial charge on any atom is -0.475 e. The number of hydrazine groups is 1. The maximum Gasteiger partial charge on any atom is 0.267 e. The number of hydrogen-bond donors (Lipinski definition) is 3. The normalized spacial score (nSPS) is 15.0. The van der Waals surface area contributed by atoms with Gasteiger partial charge in [0, 0.05) is 17.8 Å². The lowest BCUT2D eigenvalue weighted by Gasteiger charge is -2.23. The van der Waals surface area contributed by atoms with E-state index in [0.717, 1.165) is 27.9 Å². The summed E-state index contributed by atoms with van der Waals surface area (Å²) in [6.45, 7) is 6.11. The predicted octanol–water partition coefficient (Wildman–Crippen LogP) is 13.0. The molecule has 2 amide bonds. The third kappa shape index (κ3) is 9.62. The van der Waals surface area contributed by atoms with Crippen molar-refractivity contribution in [3.63, 3.8) is 0 Å². The Bertz CT molecular complexity index is 2390. The number of benzene rings is 5. The minimum absolute atomic E-state index is 0.00462. The van der Waals surface area contributed by atoms with E-state index in [4.69, 9.17) is 107 Å². The van der Waals surface area contributed by atoms with Crippen LogP contribution < -0.4 is 30.5 Å². The number of para-hydroxylation sites is 2. The maximum absolute atomic E-state index is 14.6. The topological polar surface area (TPSA) is 104 Å². The summed E-state index contributed by atoms with van der Waals surface area (Å²) in [5.74, 6) is -0.0955. The molecule has 0 aromatic heterocycles. The molecule has 1 saturated heterocycles. The number of carbonyl (C=O) groups is 2. The summed E-state index contributed by atoms with van der Waals surface area (Å²) in [7, 11) is 0. The Morgan fingerprint density at radius 1 is 0.845 bits per heavy atom. The van der Waals surface area contributed by atoms with Crippen molar-refractivity contribution in [3.8, 4) is 11.5 Å². The number of aliphatic imine (C=N–C) groups is 1. The monoisotopic (exact) mass is 957 g/mol. The molecule has 1 heterocycles. The van der Waals surface area contributed by atoms with Crippen LogP contribution in [0.25, 0.3) is 0 Å². The lowest BCUT2D eigenvalue weighted by molar-refractivity contribution is -0.128. The molecule has 1 aliphatic rings. The fourth-order valence-electron chi connectivity index (χ4n) is 5.80. The van der Waals surface area contributed by atoms with Crippen LogP contribution in [0.1, 0.15) is 29.7 Å². The van der Waals surface area contributed by atoms with E-state index in [1.54, 1.807) is 60.7 Å². The van der Waals surface area contributed by atoms with E-state index in [-0.39, 0.29) is 60.0 Å². The van der Waals surface area contributed by atoms with Gasteiger partial charge in [-0.15, -0.1) is 11.8 Å². The summed E-state index contributed by atoms with van der Waals surface area (Å²) in [4.78, 5) is 33.4. The molecule has 1 aliphatic heterocycles. The second-order valence-electron chi connectivity index (χ2n) is 12.6. The number of likely N-dealkylation sites (N-methyl/N-ethyl adjacent to an activating group) is 1. The smallest absolute Gasteiger partial charge is 0.267 e. The first-order valence-corrected chi connectivity index (χ1v) is 21.2. The van der Waals surface area contributed by atoms with E-state index in [9.17, 15) is 9.59 Å². The molecular weight excluding hydrogens is 930 g/mol. The first-order chi connectivity index (χ1) is 27.7. The SMILES string of the molecule is CCNC(=O)C(Oc1ccccc1SC1C(=O)N(c2c(Cl)c(Cl)c(Cl)c(Cl)c2Cl)NC1=Nc1cc(NCOc2c(Cl)cccc2Cl)ccc1Cl)c1ccc(C)cc1C. The highest BCUT2D eigenvalue weighted by molar-refractivity contribution is 8.01. The summed E-state index contributed by atoms with van der Waals surface area (Å²) < 4.78 is 12.3. The van der Waals surface area contributed by atoms with E-state index in [1.165, 1.54) is 0 Å². The van der Waals surface area contributed by atoms with Crippen LogP contribution in [0, 0.1) is 13.8 Å². The van der Waals surface area contributed by atoms with Crippen molar-refractivity contribution >= 4 is 139 Å². The van der Waals surface area contributed by atoms with Gasteiger partial charge in [-0.3, -0.25) is 15.0 Å². The number of rotatable bonds is 13. The van der Waals surface area contributed by atoms with Crippen molar-refractivity contribution < 1.29 is 19.1 Å². The Balaban J connectivity index is 1.38. The number of carbonyl (C=O) groups excluding carboxylic acids is 2. The van der Waals surface area contributed by atoms with Crippen molar-refractivity contribution in [2.75, 3.05) is 23.6 Å². The summed E-state index contributed by atoms with van der Waals surface area (Å²) in [6.07, 6.45) is -1.01. The molecule has 2 atom stereocenters. The second kappa shape index (κ2) is 19.3. The number of aryl methyl sites for hydroxylation is 2. The summed E-state index contributed by atoms with van der Waals surface area (Å²) >= 11 is 52.8. The van der Waals surface area contributed by atoms with Gasteiger partial charge in [-0.05, 0) is 68.8 Å². The van der Waals surface area contributed by atoms with Crippen LogP contribution in [0.2, 0.25) is 40.2 Å². The molecule has 58 heavy (non-hydrogen) atoms. The molecule has 0 bridgehead atoms. The molecule has 6 rings (SSSR count). The molecule has 302 valence electrons. The highest BCUT2D eigenvalue weighted by atomic mass is 35.5. The van der Waals surface area contributed by atoms with Crippen molar-refractivity contribution in [1.29, 1.82) is 0 Å². The standard InChI is InChI=1S/C40H31Cl8N5O4S/c1-4-49-39(54)35(22-14-12-19(2)16-20(22)3)57-27-10-5-6-11-28(27)58-37-38(52-53(40(37)55)34-32(47)30(45)29(44)31(46)33(34)48)51-26-17-21(13-15-23(26)41)50-18-56-36-24(42)8-7-9-25(36)43/h5-17,35,37,50H,4,18H2,1-3H3,(H,49,54)(H,51,52). The van der Waals surface area contributed by atoms with Gasteiger partial charge in [0.1, 0.15) is 22.5 Å². The molecule has 5 aromatic carbocycles. The molecule has 3 N–H and O–H groups in total. The van der Waals surface area contributed by atoms with Gasteiger partial charge < -0.3 is 20.1 Å². The van der Waals surface area contributed by atoms with E-state index >= 15 is 0 Å². The first-order valence-electron chi connectivity index (χ1n) is 17.3. The lowest BCUT2D eigenvalue weighted by atomic mass is 10.0. The zero-order valence-corrected chi connectivity index (χ0v) is 37.4. The van der Waals surface area contributed by atoms with Crippen LogP contribution in [0.4, 0.5) is 17.1 Å². The van der Waals surface area contributed by atoms with Gasteiger partial charge in [0.25, 0.3) is 11.8 Å². The largest absolute Gasteiger partial charge is 0.475 e. The van der Waals surface area contributed by atoms with Crippen LogP contribution >= 0.6 is 105 Å². The van der Waals surface area contributed by atoms with Crippen molar-refractivity contribution in [3.05, 3.63) is 136 Å². The highest BCUT2D eigenvalue weighted by Gasteiger charge is 2.43. The average molecular weight is 961 g/mol. The summed E-state index contributed by atoms with van der Waals surface area (Å²) in [5.41, 5.74) is 6.45. The Labute approximate surface area is 379 Å². The Morgan fingerprint density at radius 3 is 2.19 bits per heavy atom. The van der Waals surface area contributed by atoms with Gasteiger partial charge in [-0.25, -0.2) is 10.0 Å². The summed E-state index contributed by atoms with van der Waals surface area (Å²) in [5, 5.41) is 6.42. The molecule has 0 aliphatic carbocycles. The quantitative estimate of drug-likeness (QED) is 0.0613. The van der Waals surface area contributed by atoms with Gasteiger partial charge in [0.05, 0.1) is 50.8 Å². The van der Waals surface area contributed by atoms with Crippen LogP contribution in [-0.4, -0.2) is 36.2 Å². The number of amides is 2. The lowest BCUT2D eigenvalue weighted by Crippen LogP contribution is -2.36. The van der Waals surface area contributed by atoms with Gasteiger partial charge in [0.2, 0.25) is 6.10 Å². The molecule has 18 heteroatoms. The fourth-order valence-corrected chi connectivity index (χ4v) is 8.83. The third-order valence-corrected chi connectivity index (χ3v) is 13.0. The predicted molar refractivity (Wildman–Crippen MR) is 240 cm³/mol. The average Bonchev–Trinajstić information content (AvgIpc) is 3.48. The van der Waals surface area contributed by atoms with Crippen LogP contribution in [0.5, 0.6) is 11.5 Å². The number of amidine groups is 1. The van der Waals surface area contributed by atoms with Crippen LogP contribution in [0.3, 0.4) is 0 Å². The number of halogens is 8. The number of anilines is 2. The van der Waals surface area contributed by atoms with Crippen molar-refractivity contribution in [1.82, 2.24) is 10.7 Å². The Kier molecular flexibility index (Phi) is 14.7. The highest BCUT2D eigenvalue weighted by Crippen LogP contribution is 2.50. The second-order valence-corrected chi connectivity index (χ2v) is 16.8. The molecule has 0 saturated carbocycles. The Morgan fingerprint density at radius 2 is 1.52 bits per heavy atom. The number of nitrogens with zero attached hydrogens (tertiary/aromatic N) is 2. The zero-order chi connectivity index (χ0) is 41.8. The van der Waals surface area contributed by atoms with E-state index < -0.39 is 17.3 Å². The summed E-state index contributed by atoms with van der Waals surface area (Å²) in [6, 6.07) is 22.9. The maximum atomic E-state index is 14.6. The zero-order valence-electron chi connectivity index (χ0n) is 30.5. The molecule has 9 nitrogen and oxygen atoms in total. The fraction of sp³-hybridized carbons (Fsp3) is 0.175. The molecule has 2 unspecified atom stereocenters. The number of hydrogen-bond acceptors (Lipinski definition) is 7. The van der Waals surface area contributed by atoms with Crippen molar-refractivity contribution in [2.24, 2.45) is 4.99 Å². The number of thioether (sulfide) groups is 1. The van der Waals surface area contributed by atoms with Crippen molar-refractivity contribution in [2.45, 2.75) is 37.0 Å². The molecule has 0 spiro atoms.